The first-order valence-electron chi connectivity index (χ1n) is 8.58. The molecule has 1 fully saturated rings. The predicted molar refractivity (Wildman–Crippen MR) is 95.5 cm³/mol. The Morgan fingerprint density at radius 3 is 2.84 bits per heavy atom. The van der Waals surface area contributed by atoms with Crippen molar-refractivity contribution in [2.24, 2.45) is 0 Å². The van der Waals surface area contributed by atoms with E-state index >= 15 is 0 Å². The lowest BCUT2D eigenvalue weighted by molar-refractivity contribution is 0.0601. The van der Waals surface area contributed by atoms with Crippen LogP contribution in [0.3, 0.4) is 0 Å². The highest BCUT2D eigenvalue weighted by atomic mass is 16.2. The number of likely N-dealkylation sites (tertiary alicyclic amines) is 1. The molecule has 3 aromatic rings. The molecule has 0 radical (unpaired) electrons. The second-order valence-electron chi connectivity index (χ2n) is 6.57. The number of para-hydroxylation sites is 2. The average Bonchev–Trinajstić information content (AvgIpc) is 3.04. The van der Waals surface area contributed by atoms with Crippen LogP contribution in [0.25, 0.3) is 11.0 Å². The molecule has 1 aliphatic rings. The summed E-state index contributed by atoms with van der Waals surface area (Å²) in [7, 11) is 0. The third-order valence-electron chi connectivity index (χ3n) is 4.71. The number of pyridine rings is 1. The van der Waals surface area contributed by atoms with Gasteiger partial charge in [-0.15, -0.1) is 0 Å². The molecule has 0 aliphatic carbocycles. The van der Waals surface area contributed by atoms with Crippen molar-refractivity contribution in [3.8, 4) is 0 Å². The van der Waals surface area contributed by atoms with Crippen LogP contribution >= 0.6 is 0 Å². The number of imidazole rings is 1. The lowest BCUT2D eigenvalue weighted by atomic mass is 10.00. The topological polar surface area (TPSA) is 81.8 Å². The van der Waals surface area contributed by atoms with Crippen molar-refractivity contribution >= 4 is 16.9 Å². The number of carbonyl (C=O) groups is 1. The zero-order valence-electron chi connectivity index (χ0n) is 14.1. The minimum Gasteiger partial charge on any atom is -0.340 e. The van der Waals surface area contributed by atoms with Crippen molar-refractivity contribution < 1.29 is 4.79 Å². The number of aromatic amines is 2. The average molecular weight is 336 g/mol. The van der Waals surface area contributed by atoms with Crippen LogP contribution in [0.4, 0.5) is 0 Å². The van der Waals surface area contributed by atoms with Crippen molar-refractivity contribution in [2.45, 2.75) is 32.2 Å². The fourth-order valence-electron chi connectivity index (χ4n) is 3.56. The lowest BCUT2D eigenvalue weighted by Gasteiger charge is -2.34. The Morgan fingerprint density at radius 2 is 2.04 bits per heavy atom. The SMILES string of the molecule is Cc1cc(C(=O)N2CCCCC2c2nc3ccccc3[nH]2)cc(=O)[nH]1. The Bertz CT molecular complexity index is 955. The standard InChI is InChI=1S/C19H20N4O2/c1-12-10-13(11-17(24)20-12)19(25)23-9-5-4-8-16(23)18-21-14-6-2-3-7-15(14)22-18/h2-3,6-7,10-11,16H,4-5,8-9H2,1H3,(H,20,24)(H,21,22). The summed E-state index contributed by atoms with van der Waals surface area (Å²) in [6.45, 7) is 2.46. The molecule has 0 bridgehead atoms. The minimum absolute atomic E-state index is 0.0896. The quantitative estimate of drug-likeness (QED) is 0.755. The van der Waals surface area contributed by atoms with E-state index in [9.17, 15) is 9.59 Å². The molecule has 3 heterocycles. The molecule has 25 heavy (non-hydrogen) atoms. The Labute approximate surface area is 144 Å². The van der Waals surface area contributed by atoms with Gasteiger partial charge < -0.3 is 14.9 Å². The molecule has 2 aromatic heterocycles. The van der Waals surface area contributed by atoms with E-state index < -0.39 is 0 Å². The van der Waals surface area contributed by atoms with E-state index in [0.717, 1.165) is 36.1 Å². The summed E-state index contributed by atoms with van der Waals surface area (Å²) in [5.41, 5.74) is 2.75. The molecule has 128 valence electrons. The van der Waals surface area contributed by atoms with Gasteiger partial charge in [0.1, 0.15) is 5.82 Å². The number of aryl methyl sites for hydroxylation is 1. The van der Waals surface area contributed by atoms with Crippen LogP contribution in [0.15, 0.2) is 41.2 Å². The van der Waals surface area contributed by atoms with Gasteiger partial charge in [0.15, 0.2) is 0 Å². The van der Waals surface area contributed by atoms with Crippen molar-refractivity contribution in [1.82, 2.24) is 19.9 Å². The molecule has 6 nitrogen and oxygen atoms in total. The van der Waals surface area contributed by atoms with Gasteiger partial charge in [-0.05, 0) is 44.4 Å². The van der Waals surface area contributed by atoms with Gasteiger partial charge in [-0.2, -0.15) is 0 Å². The predicted octanol–water partition coefficient (Wildman–Crippen LogP) is 2.93. The number of benzene rings is 1. The van der Waals surface area contributed by atoms with E-state index in [1.807, 2.05) is 29.2 Å². The number of carbonyl (C=O) groups excluding carboxylic acids is 1. The molecular formula is C19H20N4O2. The van der Waals surface area contributed by atoms with Gasteiger partial charge in [0.05, 0.1) is 17.1 Å². The van der Waals surface area contributed by atoms with Crippen LogP contribution < -0.4 is 5.56 Å². The molecule has 4 rings (SSSR count). The molecule has 1 aliphatic heterocycles. The van der Waals surface area contributed by atoms with Gasteiger partial charge in [-0.3, -0.25) is 9.59 Å². The highest BCUT2D eigenvalue weighted by Crippen LogP contribution is 2.31. The number of aromatic nitrogens is 3. The van der Waals surface area contributed by atoms with E-state index in [1.165, 1.54) is 6.07 Å². The molecule has 1 unspecified atom stereocenters. The zero-order chi connectivity index (χ0) is 17.4. The van der Waals surface area contributed by atoms with Gasteiger partial charge in [-0.25, -0.2) is 4.98 Å². The maximum absolute atomic E-state index is 13.0. The Kier molecular flexibility index (Phi) is 3.87. The van der Waals surface area contributed by atoms with Gasteiger partial charge in [-0.1, -0.05) is 12.1 Å². The summed E-state index contributed by atoms with van der Waals surface area (Å²) in [6, 6.07) is 10.9. The number of nitrogens with zero attached hydrogens (tertiary/aromatic N) is 2. The summed E-state index contributed by atoms with van der Waals surface area (Å²) in [4.78, 5) is 37.3. The maximum atomic E-state index is 13.0. The Hall–Kier alpha value is -2.89. The second-order valence-corrected chi connectivity index (χ2v) is 6.57. The normalized spacial score (nSPS) is 17.8. The fraction of sp³-hybridized carbons (Fsp3) is 0.316. The molecule has 1 atom stereocenters. The smallest absolute Gasteiger partial charge is 0.254 e. The molecule has 1 amide bonds. The summed E-state index contributed by atoms with van der Waals surface area (Å²) < 4.78 is 0. The second kappa shape index (κ2) is 6.20. The highest BCUT2D eigenvalue weighted by Gasteiger charge is 2.31. The number of hydrogen-bond donors (Lipinski definition) is 2. The molecule has 0 saturated carbocycles. The number of hydrogen-bond acceptors (Lipinski definition) is 3. The number of fused-ring (bicyclic) bond motifs is 1. The monoisotopic (exact) mass is 336 g/mol. The Morgan fingerprint density at radius 1 is 1.20 bits per heavy atom. The Balaban J connectivity index is 1.71. The van der Waals surface area contributed by atoms with E-state index in [0.29, 0.717) is 17.8 Å². The van der Waals surface area contributed by atoms with Crippen LogP contribution in [-0.4, -0.2) is 32.3 Å². The third-order valence-corrected chi connectivity index (χ3v) is 4.71. The fourth-order valence-corrected chi connectivity index (χ4v) is 3.56. The minimum atomic E-state index is -0.249. The summed E-state index contributed by atoms with van der Waals surface area (Å²) >= 11 is 0. The summed E-state index contributed by atoms with van der Waals surface area (Å²) in [5.74, 6) is 0.704. The molecule has 2 N–H and O–H groups in total. The molecule has 1 aromatic carbocycles. The first-order valence-corrected chi connectivity index (χ1v) is 8.58. The van der Waals surface area contributed by atoms with Crippen LogP contribution in [0.5, 0.6) is 0 Å². The molecular weight excluding hydrogens is 316 g/mol. The molecule has 0 spiro atoms. The van der Waals surface area contributed by atoms with Crippen molar-refractivity contribution in [2.75, 3.05) is 6.54 Å². The van der Waals surface area contributed by atoms with E-state index in [-0.39, 0.29) is 17.5 Å². The third kappa shape index (κ3) is 2.95. The number of rotatable bonds is 2. The van der Waals surface area contributed by atoms with Crippen LogP contribution in [0.1, 0.15) is 47.2 Å². The molecule has 1 saturated heterocycles. The first kappa shape index (κ1) is 15.6. The van der Waals surface area contributed by atoms with Crippen LogP contribution in [-0.2, 0) is 0 Å². The number of amides is 1. The largest absolute Gasteiger partial charge is 0.340 e. The number of piperidine rings is 1. The maximum Gasteiger partial charge on any atom is 0.254 e. The van der Waals surface area contributed by atoms with E-state index in [1.54, 1.807) is 13.0 Å². The van der Waals surface area contributed by atoms with Crippen LogP contribution in [0.2, 0.25) is 0 Å². The lowest BCUT2D eigenvalue weighted by Crippen LogP contribution is -2.39. The van der Waals surface area contributed by atoms with Gasteiger partial charge in [0.25, 0.3) is 5.91 Å². The highest BCUT2D eigenvalue weighted by molar-refractivity contribution is 5.94. The zero-order valence-corrected chi connectivity index (χ0v) is 14.1. The number of nitrogens with one attached hydrogen (secondary N) is 2. The van der Waals surface area contributed by atoms with Gasteiger partial charge >= 0.3 is 0 Å². The van der Waals surface area contributed by atoms with E-state index in [4.69, 9.17) is 0 Å². The van der Waals surface area contributed by atoms with E-state index in [2.05, 4.69) is 15.0 Å². The summed E-state index contributed by atoms with van der Waals surface area (Å²) in [6.07, 6.45) is 2.89. The van der Waals surface area contributed by atoms with Gasteiger partial charge in [0, 0.05) is 23.9 Å². The number of H-pyrrole nitrogens is 2. The van der Waals surface area contributed by atoms with Crippen molar-refractivity contribution in [1.29, 1.82) is 0 Å². The van der Waals surface area contributed by atoms with Crippen molar-refractivity contribution in [3.05, 3.63) is 63.8 Å². The first-order chi connectivity index (χ1) is 12.1. The van der Waals surface area contributed by atoms with Gasteiger partial charge in [0.2, 0.25) is 5.56 Å². The van der Waals surface area contributed by atoms with Crippen molar-refractivity contribution in [3.63, 3.8) is 0 Å². The summed E-state index contributed by atoms with van der Waals surface area (Å²) in [5, 5.41) is 0. The molecule has 6 heteroatoms. The van der Waals surface area contributed by atoms with Crippen LogP contribution in [0, 0.1) is 6.92 Å².